The Bertz CT molecular complexity index is 585. The van der Waals surface area contributed by atoms with Crippen molar-refractivity contribution in [1.29, 1.82) is 5.26 Å². The number of aryl methyl sites for hydroxylation is 1. The highest BCUT2D eigenvalue weighted by atomic mass is 19.1. The van der Waals surface area contributed by atoms with Gasteiger partial charge in [0, 0.05) is 10.9 Å². The van der Waals surface area contributed by atoms with Gasteiger partial charge in [0.1, 0.15) is 6.07 Å². The molecule has 0 unspecified atom stereocenters. The molecule has 1 aromatic heterocycles. The van der Waals surface area contributed by atoms with Crippen molar-refractivity contribution in [2.24, 2.45) is 0 Å². The van der Waals surface area contributed by atoms with E-state index < -0.39 is 5.82 Å². The Kier molecular flexibility index (Phi) is 3.34. The average molecular weight is 228 g/mol. The molecular formula is C14H13FN2. The number of hydrogen-bond acceptors (Lipinski definition) is 2. The van der Waals surface area contributed by atoms with Crippen molar-refractivity contribution in [3.63, 3.8) is 0 Å². The van der Waals surface area contributed by atoms with Gasteiger partial charge in [0.05, 0.1) is 5.52 Å². The summed E-state index contributed by atoms with van der Waals surface area (Å²) >= 11 is 0. The van der Waals surface area contributed by atoms with Crippen LogP contribution in [0, 0.1) is 17.1 Å². The molecule has 0 fully saturated rings. The zero-order chi connectivity index (χ0) is 12.3. The minimum atomic E-state index is -0.459. The lowest BCUT2D eigenvalue weighted by Gasteiger charge is -2.08. The molecule has 0 saturated heterocycles. The molecule has 1 aromatic carbocycles. The minimum absolute atomic E-state index is 0.102. The van der Waals surface area contributed by atoms with E-state index in [-0.39, 0.29) is 5.69 Å². The molecule has 2 nitrogen and oxygen atoms in total. The summed E-state index contributed by atoms with van der Waals surface area (Å²) < 4.78 is 14.0. The predicted molar refractivity (Wildman–Crippen MR) is 65.0 cm³/mol. The maximum absolute atomic E-state index is 14.0. The number of fused-ring (bicyclic) bond motifs is 1. The molecule has 0 spiro atoms. The quantitative estimate of drug-likeness (QED) is 0.805. The molecule has 0 radical (unpaired) electrons. The fourth-order valence-electron chi connectivity index (χ4n) is 1.93. The van der Waals surface area contributed by atoms with Crippen LogP contribution in [0.25, 0.3) is 10.9 Å². The van der Waals surface area contributed by atoms with E-state index in [0.29, 0.717) is 17.5 Å². The van der Waals surface area contributed by atoms with E-state index in [1.165, 1.54) is 0 Å². The van der Waals surface area contributed by atoms with Crippen LogP contribution >= 0.6 is 0 Å². The lowest BCUT2D eigenvalue weighted by atomic mass is 10.0. The van der Waals surface area contributed by atoms with Gasteiger partial charge in [-0.3, -0.25) is 0 Å². The Morgan fingerprint density at radius 1 is 1.35 bits per heavy atom. The summed E-state index contributed by atoms with van der Waals surface area (Å²) in [5.41, 5.74) is 1.21. The maximum atomic E-state index is 14.0. The van der Waals surface area contributed by atoms with Gasteiger partial charge < -0.3 is 0 Å². The van der Waals surface area contributed by atoms with Gasteiger partial charge in [-0.15, -0.1) is 0 Å². The Hall–Kier alpha value is -1.95. The van der Waals surface area contributed by atoms with Crippen molar-refractivity contribution in [1.82, 2.24) is 4.98 Å². The third kappa shape index (κ3) is 2.12. The number of nitriles is 1. The molecule has 0 atom stereocenters. The van der Waals surface area contributed by atoms with Gasteiger partial charge in [-0.1, -0.05) is 31.5 Å². The van der Waals surface area contributed by atoms with Crippen LogP contribution in [0.1, 0.15) is 31.0 Å². The molecule has 2 rings (SSSR count). The highest BCUT2D eigenvalue weighted by Crippen LogP contribution is 2.23. The lowest BCUT2D eigenvalue weighted by Crippen LogP contribution is -1.99. The summed E-state index contributed by atoms with van der Waals surface area (Å²) in [6, 6.07) is 9.20. The largest absolute Gasteiger partial charge is 0.234 e. The van der Waals surface area contributed by atoms with E-state index in [1.807, 2.05) is 30.3 Å². The molecule has 0 bridgehead atoms. The monoisotopic (exact) mass is 228 g/mol. The summed E-state index contributed by atoms with van der Waals surface area (Å²) in [4.78, 5) is 4.03. The van der Waals surface area contributed by atoms with E-state index in [1.54, 1.807) is 0 Å². The van der Waals surface area contributed by atoms with Crippen molar-refractivity contribution in [2.45, 2.75) is 26.2 Å². The van der Waals surface area contributed by atoms with Crippen LogP contribution in [0.4, 0.5) is 4.39 Å². The van der Waals surface area contributed by atoms with Crippen molar-refractivity contribution >= 4 is 10.9 Å². The van der Waals surface area contributed by atoms with Crippen LogP contribution in [0.15, 0.2) is 24.3 Å². The SMILES string of the molecule is CCCCc1c(F)c(C#N)nc2ccccc12. The first-order valence-electron chi connectivity index (χ1n) is 5.75. The van der Waals surface area contributed by atoms with Crippen LogP contribution in [-0.4, -0.2) is 4.98 Å². The van der Waals surface area contributed by atoms with Gasteiger partial charge in [-0.2, -0.15) is 5.26 Å². The predicted octanol–water partition coefficient (Wildman–Crippen LogP) is 3.59. The molecule has 2 aromatic rings. The van der Waals surface area contributed by atoms with E-state index in [0.717, 1.165) is 18.2 Å². The molecule has 17 heavy (non-hydrogen) atoms. The van der Waals surface area contributed by atoms with Crippen molar-refractivity contribution < 1.29 is 4.39 Å². The lowest BCUT2D eigenvalue weighted by molar-refractivity contribution is 0.597. The van der Waals surface area contributed by atoms with Crippen LogP contribution in [0.3, 0.4) is 0 Å². The molecule has 3 heteroatoms. The summed E-state index contributed by atoms with van der Waals surface area (Å²) in [5, 5.41) is 9.69. The van der Waals surface area contributed by atoms with E-state index in [2.05, 4.69) is 11.9 Å². The van der Waals surface area contributed by atoms with Crippen molar-refractivity contribution in [3.05, 3.63) is 41.3 Å². The number of nitrogens with zero attached hydrogens (tertiary/aromatic N) is 2. The van der Waals surface area contributed by atoms with Crippen LogP contribution in [-0.2, 0) is 6.42 Å². The van der Waals surface area contributed by atoms with E-state index in [4.69, 9.17) is 5.26 Å². The molecule has 0 aliphatic heterocycles. The second-order valence-electron chi connectivity index (χ2n) is 3.99. The molecule has 0 N–H and O–H groups in total. The van der Waals surface area contributed by atoms with Gasteiger partial charge in [-0.05, 0) is 18.9 Å². The maximum Gasteiger partial charge on any atom is 0.177 e. The standard InChI is InChI=1S/C14H13FN2/c1-2-3-6-11-10-7-4-5-8-12(10)17-13(9-16)14(11)15/h4-5,7-8H,2-3,6H2,1H3. The van der Waals surface area contributed by atoms with Gasteiger partial charge >= 0.3 is 0 Å². The number of hydrogen-bond donors (Lipinski definition) is 0. The normalized spacial score (nSPS) is 10.4. The van der Waals surface area contributed by atoms with E-state index in [9.17, 15) is 4.39 Å². The third-order valence-electron chi connectivity index (χ3n) is 2.82. The first-order valence-corrected chi connectivity index (χ1v) is 5.75. The fraction of sp³-hybridized carbons (Fsp3) is 0.286. The molecule has 0 aliphatic rings. The Morgan fingerprint density at radius 3 is 2.82 bits per heavy atom. The van der Waals surface area contributed by atoms with Crippen LogP contribution in [0.5, 0.6) is 0 Å². The second-order valence-corrected chi connectivity index (χ2v) is 3.99. The van der Waals surface area contributed by atoms with Crippen molar-refractivity contribution in [2.75, 3.05) is 0 Å². The van der Waals surface area contributed by atoms with Crippen LogP contribution < -0.4 is 0 Å². The third-order valence-corrected chi connectivity index (χ3v) is 2.82. The number of halogens is 1. The van der Waals surface area contributed by atoms with Crippen LogP contribution in [0.2, 0.25) is 0 Å². The fourth-order valence-corrected chi connectivity index (χ4v) is 1.93. The number of unbranched alkanes of at least 4 members (excludes halogenated alkanes) is 1. The van der Waals surface area contributed by atoms with Gasteiger partial charge in [-0.25, -0.2) is 9.37 Å². The first-order chi connectivity index (χ1) is 8.27. The average Bonchev–Trinajstić information content (AvgIpc) is 2.37. The number of aromatic nitrogens is 1. The zero-order valence-electron chi connectivity index (χ0n) is 9.70. The van der Waals surface area contributed by atoms with E-state index >= 15 is 0 Å². The Morgan fingerprint density at radius 2 is 2.12 bits per heavy atom. The number of para-hydroxylation sites is 1. The Balaban J connectivity index is 2.67. The molecule has 1 heterocycles. The molecule has 0 amide bonds. The number of benzene rings is 1. The smallest absolute Gasteiger partial charge is 0.177 e. The highest BCUT2D eigenvalue weighted by molar-refractivity contribution is 5.83. The molecule has 0 aliphatic carbocycles. The number of rotatable bonds is 3. The number of pyridine rings is 1. The minimum Gasteiger partial charge on any atom is -0.234 e. The van der Waals surface area contributed by atoms with Crippen molar-refractivity contribution in [3.8, 4) is 6.07 Å². The molecular weight excluding hydrogens is 215 g/mol. The molecule has 86 valence electrons. The van der Waals surface area contributed by atoms with Gasteiger partial charge in [0.25, 0.3) is 0 Å². The second kappa shape index (κ2) is 4.92. The topological polar surface area (TPSA) is 36.7 Å². The summed E-state index contributed by atoms with van der Waals surface area (Å²) in [6.07, 6.45) is 2.56. The zero-order valence-corrected chi connectivity index (χ0v) is 9.70. The summed E-state index contributed by atoms with van der Waals surface area (Å²) in [7, 11) is 0. The highest BCUT2D eigenvalue weighted by Gasteiger charge is 2.13. The first kappa shape index (κ1) is 11.5. The summed E-state index contributed by atoms with van der Waals surface area (Å²) in [6.45, 7) is 2.06. The Labute approximate surface area is 99.7 Å². The van der Waals surface area contributed by atoms with Gasteiger partial charge in [0.2, 0.25) is 0 Å². The molecule has 0 saturated carbocycles. The summed E-state index contributed by atoms with van der Waals surface area (Å²) in [5.74, 6) is -0.459. The van der Waals surface area contributed by atoms with Gasteiger partial charge in [0.15, 0.2) is 11.5 Å².